The van der Waals surface area contributed by atoms with Crippen LogP contribution in [0, 0.1) is 5.92 Å². The molecule has 1 unspecified atom stereocenters. The molecular weight excluding hydrogens is 304 g/mol. The van der Waals surface area contributed by atoms with Gasteiger partial charge in [0, 0.05) is 18.8 Å². The molecule has 1 heterocycles. The third kappa shape index (κ3) is 5.06. The Bertz CT molecular complexity index is 654. The number of ether oxygens (including phenoxy) is 2. The predicted molar refractivity (Wildman–Crippen MR) is 90.7 cm³/mol. The number of carbonyl (C=O) groups excluding carboxylic acids is 1. The van der Waals surface area contributed by atoms with Crippen molar-refractivity contribution in [2.24, 2.45) is 5.92 Å². The highest BCUT2D eigenvalue weighted by Crippen LogP contribution is 2.29. The van der Waals surface area contributed by atoms with E-state index >= 15 is 0 Å². The number of nitrogens with one attached hydrogen (secondary N) is 1. The Morgan fingerprint density at radius 3 is 2.71 bits per heavy atom. The van der Waals surface area contributed by atoms with Crippen LogP contribution in [0.5, 0.6) is 11.6 Å². The van der Waals surface area contributed by atoms with E-state index in [1.807, 2.05) is 36.4 Å². The Kier molecular flexibility index (Phi) is 5.43. The van der Waals surface area contributed by atoms with Gasteiger partial charge in [-0.05, 0) is 43.4 Å². The van der Waals surface area contributed by atoms with E-state index in [-0.39, 0.29) is 5.91 Å². The van der Waals surface area contributed by atoms with Gasteiger partial charge in [0.25, 0.3) is 0 Å². The number of hydrogen-bond acceptors (Lipinski definition) is 4. The van der Waals surface area contributed by atoms with Crippen LogP contribution < -0.4 is 10.1 Å². The zero-order chi connectivity index (χ0) is 16.8. The summed E-state index contributed by atoms with van der Waals surface area (Å²) in [5.41, 5.74) is 0.915. The van der Waals surface area contributed by atoms with Crippen molar-refractivity contribution in [3.63, 3.8) is 0 Å². The van der Waals surface area contributed by atoms with Crippen molar-refractivity contribution in [2.75, 3.05) is 6.61 Å². The fraction of sp³-hybridized carbons (Fsp3) is 0.368. The Balaban J connectivity index is 1.44. The van der Waals surface area contributed by atoms with E-state index in [0.29, 0.717) is 24.9 Å². The fourth-order valence-electron chi connectivity index (χ4n) is 2.16. The van der Waals surface area contributed by atoms with Gasteiger partial charge in [-0.15, -0.1) is 0 Å². The molecule has 1 fully saturated rings. The van der Waals surface area contributed by atoms with Crippen LogP contribution in [0.3, 0.4) is 0 Å². The maximum absolute atomic E-state index is 12.0. The molecule has 0 radical (unpaired) electrons. The average Bonchev–Trinajstić information content (AvgIpc) is 3.44. The number of nitrogens with zero attached hydrogens (tertiary/aromatic N) is 1. The second-order valence-electron chi connectivity index (χ2n) is 6.06. The summed E-state index contributed by atoms with van der Waals surface area (Å²) in [7, 11) is 0. The molecule has 0 spiro atoms. The topological polar surface area (TPSA) is 60.5 Å². The largest absolute Gasteiger partial charge is 0.439 e. The zero-order valence-electron chi connectivity index (χ0n) is 13.8. The van der Waals surface area contributed by atoms with Crippen molar-refractivity contribution in [3.05, 3.63) is 54.2 Å². The molecule has 24 heavy (non-hydrogen) atoms. The van der Waals surface area contributed by atoms with Gasteiger partial charge in [0.1, 0.15) is 11.9 Å². The van der Waals surface area contributed by atoms with Gasteiger partial charge in [-0.25, -0.2) is 4.98 Å². The Morgan fingerprint density at radius 1 is 1.25 bits per heavy atom. The van der Waals surface area contributed by atoms with Crippen molar-refractivity contribution < 1.29 is 14.3 Å². The van der Waals surface area contributed by atoms with Crippen LogP contribution in [0.15, 0.2) is 48.7 Å². The molecule has 2 aromatic rings. The summed E-state index contributed by atoms with van der Waals surface area (Å²) < 4.78 is 11.2. The van der Waals surface area contributed by atoms with E-state index in [0.717, 1.165) is 11.3 Å². The number of amides is 1. The molecule has 1 aliphatic rings. The van der Waals surface area contributed by atoms with Crippen LogP contribution in [0.25, 0.3) is 0 Å². The molecular formula is C19H22N2O3. The average molecular weight is 326 g/mol. The summed E-state index contributed by atoms with van der Waals surface area (Å²) in [4.78, 5) is 16.2. The molecule has 0 bridgehead atoms. The van der Waals surface area contributed by atoms with E-state index in [4.69, 9.17) is 9.47 Å². The molecule has 1 amide bonds. The maximum atomic E-state index is 12.0. The monoisotopic (exact) mass is 326 g/mol. The number of benzene rings is 1. The molecule has 1 atom stereocenters. The lowest BCUT2D eigenvalue weighted by Gasteiger charge is -2.13. The van der Waals surface area contributed by atoms with Crippen LogP contribution in [0.4, 0.5) is 0 Å². The van der Waals surface area contributed by atoms with E-state index in [2.05, 4.69) is 10.3 Å². The summed E-state index contributed by atoms with van der Waals surface area (Å²) >= 11 is 0. The first-order valence-corrected chi connectivity index (χ1v) is 8.28. The van der Waals surface area contributed by atoms with Crippen LogP contribution in [-0.2, 0) is 16.1 Å². The van der Waals surface area contributed by atoms with Gasteiger partial charge < -0.3 is 14.8 Å². The fourth-order valence-corrected chi connectivity index (χ4v) is 2.16. The highest BCUT2D eigenvalue weighted by molar-refractivity contribution is 5.80. The summed E-state index contributed by atoms with van der Waals surface area (Å²) in [6.45, 7) is 2.89. The number of hydrogen-bond donors (Lipinski definition) is 1. The van der Waals surface area contributed by atoms with Gasteiger partial charge in [0.2, 0.25) is 11.8 Å². The van der Waals surface area contributed by atoms with Crippen LogP contribution in [0.2, 0.25) is 0 Å². The number of carbonyl (C=O) groups is 1. The normalized spacial score (nSPS) is 14.9. The molecule has 1 saturated carbocycles. The van der Waals surface area contributed by atoms with Crippen molar-refractivity contribution in [2.45, 2.75) is 32.4 Å². The van der Waals surface area contributed by atoms with Crippen LogP contribution in [-0.4, -0.2) is 23.6 Å². The lowest BCUT2D eigenvalue weighted by Crippen LogP contribution is -2.34. The molecule has 1 aliphatic carbocycles. The predicted octanol–water partition coefficient (Wildman–Crippen LogP) is 3.31. The van der Waals surface area contributed by atoms with Gasteiger partial charge in [-0.3, -0.25) is 4.79 Å². The highest BCUT2D eigenvalue weighted by Gasteiger charge is 2.23. The minimum Gasteiger partial charge on any atom is -0.439 e. The smallest absolute Gasteiger partial charge is 0.249 e. The summed E-state index contributed by atoms with van der Waals surface area (Å²) in [5, 5.41) is 2.87. The second kappa shape index (κ2) is 7.93. The molecule has 5 heteroatoms. The standard InChI is InChI=1S/C19H22N2O3/c1-14(23-13-15-7-8-15)19(22)21-12-16-9-10-18(20-11-16)24-17-5-3-2-4-6-17/h2-6,9-11,14-15H,7-8,12-13H2,1H3,(H,21,22). The van der Waals surface area contributed by atoms with Crippen LogP contribution >= 0.6 is 0 Å². The summed E-state index contributed by atoms with van der Waals surface area (Å²) in [6.07, 6.45) is 3.72. The summed E-state index contributed by atoms with van der Waals surface area (Å²) in [5.74, 6) is 1.83. The third-order valence-electron chi connectivity index (χ3n) is 3.88. The van der Waals surface area contributed by atoms with E-state index in [1.54, 1.807) is 19.2 Å². The molecule has 0 aliphatic heterocycles. The maximum Gasteiger partial charge on any atom is 0.249 e. The first-order valence-electron chi connectivity index (χ1n) is 8.28. The van der Waals surface area contributed by atoms with Gasteiger partial charge in [-0.2, -0.15) is 0 Å². The first-order chi connectivity index (χ1) is 11.7. The Labute approximate surface area is 142 Å². The number of pyridine rings is 1. The lowest BCUT2D eigenvalue weighted by molar-refractivity contribution is -0.132. The molecule has 1 N–H and O–H groups in total. The third-order valence-corrected chi connectivity index (χ3v) is 3.88. The SMILES string of the molecule is CC(OCC1CC1)C(=O)NCc1ccc(Oc2ccccc2)nc1. The highest BCUT2D eigenvalue weighted by atomic mass is 16.5. The lowest BCUT2D eigenvalue weighted by atomic mass is 10.2. The Morgan fingerprint density at radius 2 is 2.04 bits per heavy atom. The molecule has 126 valence electrons. The van der Waals surface area contributed by atoms with Crippen molar-refractivity contribution >= 4 is 5.91 Å². The Hall–Kier alpha value is -2.40. The quantitative estimate of drug-likeness (QED) is 0.808. The molecule has 1 aromatic heterocycles. The molecule has 5 nitrogen and oxygen atoms in total. The zero-order valence-corrected chi connectivity index (χ0v) is 13.8. The molecule has 0 saturated heterocycles. The van der Waals surface area contributed by atoms with Crippen molar-refractivity contribution in [1.82, 2.24) is 10.3 Å². The number of para-hydroxylation sites is 1. The van der Waals surface area contributed by atoms with E-state index in [1.165, 1.54) is 12.8 Å². The minimum atomic E-state index is -0.417. The van der Waals surface area contributed by atoms with E-state index in [9.17, 15) is 4.79 Å². The second-order valence-corrected chi connectivity index (χ2v) is 6.06. The molecule has 3 rings (SSSR count). The van der Waals surface area contributed by atoms with Gasteiger partial charge in [0.15, 0.2) is 0 Å². The number of rotatable bonds is 8. The summed E-state index contributed by atoms with van der Waals surface area (Å²) in [6, 6.07) is 13.2. The van der Waals surface area contributed by atoms with Gasteiger partial charge in [-0.1, -0.05) is 24.3 Å². The van der Waals surface area contributed by atoms with Crippen molar-refractivity contribution in [3.8, 4) is 11.6 Å². The number of aromatic nitrogens is 1. The minimum absolute atomic E-state index is 0.0970. The van der Waals surface area contributed by atoms with Crippen LogP contribution in [0.1, 0.15) is 25.3 Å². The van der Waals surface area contributed by atoms with Gasteiger partial charge >= 0.3 is 0 Å². The van der Waals surface area contributed by atoms with E-state index < -0.39 is 6.10 Å². The van der Waals surface area contributed by atoms with Crippen molar-refractivity contribution in [1.29, 1.82) is 0 Å². The van der Waals surface area contributed by atoms with Gasteiger partial charge in [0.05, 0.1) is 6.61 Å². The molecule has 1 aromatic carbocycles. The first kappa shape index (κ1) is 16.5.